The second-order valence-electron chi connectivity index (χ2n) is 3.18. The first-order valence-corrected chi connectivity index (χ1v) is 4.22. The number of fused-ring (bicyclic) bond motifs is 1. The molecule has 2 atom stereocenters. The van der Waals surface area contributed by atoms with E-state index in [1.165, 1.54) is 11.1 Å². The monoisotopic (exact) mass is 160 g/mol. The summed E-state index contributed by atoms with van der Waals surface area (Å²) in [7, 11) is 2.13. The molecule has 2 aliphatic rings. The second-order valence-corrected chi connectivity index (χ2v) is 3.18. The zero-order valence-corrected chi connectivity index (χ0v) is 7.04. The third-order valence-electron chi connectivity index (χ3n) is 2.56. The lowest BCUT2D eigenvalue weighted by molar-refractivity contribution is 0.164. The van der Waals surface area contributed by atoms with Gasteiger partial charge in [-0.25, -0.2) is 5.48 Å². The fraction of sp³-hybridized carbons (Fsp3) is 0.444. The van der Waals surface area contributed by atoms with Crippen molar-refractivity contribution in [1.29, 1.82) is 0 Å². The molecule has 2 aliphatic carbocycles. The van der Waals surface area contributed by atoms with Gasteiger partial charge in [0.2, 0.25) is 0 Å². The van der Waals surface area contributed by atoms with Crippen molar-refractivity contribution in [2.75, 3.05) is 6.54 Å². The highest BCUT2D eigenvalue weighted by atomic mass is 16.5. The predicted octanol–water partition coefficient (Wildman–Crippen LogP) is 1.16. The molecule has 0 aromatic rings. The number of hydrogen-bond acceptors (Lipinski definition) is 2. The van der Waals surface area contributed by atoms with Crippen LogP contribution in [0.1, 0.15) is 0 Å². The summed E-state index contributed by atoms with van der Waals surface area (Å²) in [5.74, 6) is 0.942. The molecule has 61 valence electrons. The van der Waals surface area contributed by atoms with Crippen LogP contribution in [0.2, 0.25) is 12.6 Å². The van der Waals surface area contributed by atoms with Gasteiger partial charge in [0, 0.05) is 18.0 Å². The van der Waals surface area contributed by atoms with E-state index in [0.29, 0.717) is 18.3 Å². The second kappa shape index (κ2) is 2.94. The van der Waals surface area contributed by atoms with Crippen molar-refractivity contribution in [2.24, 2.45) is 5.92 Å². The Hall–Kier alpha value is -0.755. The van der Waals surface area contributed by atoms with E-state index < -0.39 is 0 Å². The van der Waals surface area contributed by atoms with Crippen molar-refractivity contribution < 1.29 is 5.21 Å². The summed E-state index contributed by atoms with van der Waals surface area (Å²) >= 11 is 0. The molecule has 2 unspecified atom stereocenters. The predicted molar refractivity (Wildman–Crippen MR) is 48.3 cm³/mol. The van der Waals surface area contributed by atoms with Gasteiger partial charge < -0.3 is 5.21 Å². The number of allylic oxidation sites excluding steroid dienone is 3. The SMILES string of the molecule is C[B]C(CNO)C1C2=C=CC=C21. The minimum Gasteiger partial charge on any atom is -0.317 e. The first-order chi connectivity index (χ1) is 5.88. The van der Waals surface area contributed by atoms with E-state index in [1.807, 2.05) is 12.9 Å². The molecule has 0 aliphatic heterocycles. The molecule has 1 fully saturated rings. The highest BCUT2D eigenvalue weighted by molar-refractivity contribution is 6.36. The Morgan fingerprint density at radius 1 is 1.83 bits per heavy atom. The van der Waals surface area contributed by atoms with Gasteiger partial charge in [0.25, 0.3) is 0 Å². The van der Waals surface area contributed by atoms with Crippen LogP contribution < -0.4 is 5.48 Å². The van der Waals surface area contributed by atoms with E-state index in [0.717, 1.165) is 0 Å². The summed E-state index contributed by atoms with van der Waals surface area (Å²) in [6.07, 6.45) is 4.06. The van der Waals surface area contributed by atoms with Crippen LogP contribution in [-0.2, 0) is 0 Å². The molecular formula is C9H11BNO. The lowest BCUT2D eigenvalue weighted by Gasteiger charge is -2.09. The Balaban J connectivity index is 2.02. The van der Waals surface area contributed by atoms with Crippen LogP contribution >= 0.6 is 0 Å². The summed E-state index contributed by atoms with van der Waals surface area (Å²) in [5.41, 5.74) is 8.13. The fourth-order valence-corrected chi connectivity index (χ4v) is 1.82. The van der Waals surface area contributed by atoms with E-state index in [-0.39, 0.29) is 0 Å². The Kier molecular flexibility index (Phi) is 1.93. The minimum atomic E-state index is 0.414. The zero-order valence-electron chi connectivity index (χ0n) is 7.04. The van der Waals surface area contributed by atoms with E-state index in [1.54, 1.807) is 0 Å². The van der Waals surface area contributed by atoms with Crippen LogP contribution in [0.15, 0.2) is 29.0 Å². The quantitative estimate of drug-likeness (QED) is 0.367. The van der Waals surface area contributed by atoms with Crippen molar-refractivity contribution >= 4 is 7.28 Å². The van der Waals surface area contributed by atoms with Gasteiger partial charge in [-0.3, -0.25) is 0 Å². The normalized spacial score (nSPS) is 26.0. The molecule has 0 saturated heterocycles. The highest BCUT2D eigenvalue weighted by Crippen LogP contribution is 2.53. The van der Waals surface area contributed by atoms with Crippen molar-refractivity contribution in [2.45, 2.75) is 12.6 Å². The molecule has 2 N–H and O–H groups in total. The molecule has 0 aromatic heterocycles. The largest absolute Gasteiger partial charge is 0.317 e. The Labute approximate surface area is 72.9 Å². The number of hydrogen-bond donors (Lipinski definition) is 2. The van der Waals surface area contributed by atoms with E-state index in [4.69, 9.17) is 5.21 Å². The van der Waals surface area contributed by atoms with Gasteiger partial charge in [-0.2, -0.15) is 0 Å². The van der Waals surface area contributed by atoms with E-state index >= 15 is 0 Å². The zero-order chi connectivity index (χ0) is 8.55. The van der Waals surface area contributed by atoms with E-state index in [9.17, 15) is 0 Å². The van der Waals surface area contributed by atoms with Crippen molar-refractivity contribution in [1.82, 2.24) is 5.48 Å². The molecule has 0 bridgehead atoms. The van der Waals surface area contributed by atoms with Gasteiger partial charge in [0.15, 0.2) is 0 Å². The van der Waals surface area contributed by atoms with Crippen LogP contribution in [0, 0.1) is 5.92 Å². The molecule has 0 amide bonds. The minimum absolute atomic E-state index is 0.414. The topological polar surface area (TPSA) is 32.3 Å². The Morgan fingerprint density at radius 2 is 2.67 bits per heavy atom. The van der Waals surface area contributed by atoms with Gasteiger partial charge in [0.05, 0.1) is 0 Å². The number of nitrogens with one attached hydrogen (secondary N) is 1. The van der Waals surface area contributed by atoms with Crippen LogP contribution in [0.4, 0.5) is 0 Å². The molecule has 12 heavy (non-hydrogen) atoms. The maximum atomic E-state index is 8.58. The summed E-state index contributed by atoms with van der Waals surface area (Å²) in [6.45, 7) is 2.66. The fourth-order valence-electron chi connectivity index (χ4n) is 1.82. The first kappa shape index (κ1) is 7.87. The Morgan fingerprint density at radius 3 is 3.17 bits per heavy atom. The van der Waals surface area contributed by atoms with Crippen molar-refractivity contribution in [3.05, 3.63) is 29.0 Å². The van der Waals surface area contributed by atoms with Crippen molar-refractivity contribution in [3.8, 4) is 0 Å². The van der Waals surface area contributed by atoms with Gasteiger partial charge in [-0.15, -0.1) is 5.73 Å². The molecule has 0 heterocycles. The highest BCUT2D eigenvalue weighted by Gasteiger charge is 2.43. The summed E-state index contributed by atoms with van der Waals surface area (Å²) in [4.78, 5) is 0. The molecule has 0 aromatic carbocycles. The molecule has 1 radical (unpaired) electrons. The summed E-state index contributed by atoms with van der Waals surface area (Å²) in [5, 5.41) is 8.58. The molecule has 3 heteroatoms. The maximum absolute atomic E-state index is 8.58. The third-order valence-corrected chi connectivity index (χ3v) is 2.56. The average molecular weight is 160 g/mol. The smallest absolute Gasteiger partial charge is 0.113 e. The maximum Gasteiger partial charge on any atom is 0.113 e. The molecule has 1 saturated carbocycles. The van der Waals surface area contributed by atoms with E-state index in [2.05, 4.69) is 24.6 Å². The molecule has 2 nitrogen and oxygen atoms in total. The summed E-state index contributed by atoms with van der Waals surface area (Å²) in [6, 6.07) is 0. The Bertz CT molecular complexity index is 289. The van der Waals surface area contributed by atoms with Crippen molar-refractivity contribution in [3.63, 3.8) is 0 Å². The van der Waals surface area contributed by atoms with Gasteiger partial charge >= 0.3 is 0 Å². The summed E-state index contributed by atoms with van der Waals surface area (Å²) < 4.78 is 0. The third kappa shape index (κ3) is 1.07. The van der Waals surface area contributed by atoms with Gasteiger partial charge in [0.1, 0.15) is 7.28 Å². The molecule has 0 spiro atoms. The molecular weight excluding hydrogens is 149 g/mol. The standard InChI is InChI=1S/C9H11BNO/c1-10-8(5-11-12)9-6-3-2-4-7(6)9/h2-3,8-9,11-12H,5H2,1H3. The number of hydroxylamine groups is 1. The number of rotatable bonds is 4. The van der Waals surface area contributed by atoms with Crippen LogP contribution in [0.25, 0.3) is 0 Å². The lowest BCUT2D eigenvalue weighted by atomic mass is 9.64. The molecule has 2 rings (SSSR count). The van der Waals surface area contributed by atoms with Gasteiger partial charge in [-0.05, 0) is 23.5 Å². The van der Waals surface area contributed by atoms with Crippen LogP contribution in [-0.4, -0.2) is 19.0 Å². The van der Waals surface area contributed by atoms with Crippen LogP contribution in [0.3, 0.4) is 0 Å². The lowest BCUT2D eigenvalue weighted by Crippen LogP contribution is -2.20. The first-order valence-electron chi connectivity index (χ1n) is 4.22. The van der Waals surface area contributed by atoms with Gasteiger partial charge in [-0.1, -0.05) is 6.82 Å². The van der Waals surface area contributed by atoms with Crippen LogP contribution in [0.5, 0.6) is 0 Å². The average Bonchev–Trinajstić information content (AvgIpc) is 2.59.